The third-order valence-electron chi connectivity index (χ3n) is 18.3. The van der Waals surface area contributed by atoms with Gasteiger partial charge in [0.2, 0.25) is 0 Å². The first kappa shape index (κ1) is 162. The Morgan fingerprint density at radius 2 is 0.455 bits per heavy atom. The van der Waals surface area contributed by atoms with Crippen molar-refractivity contribution in [2.24, 2.45) is 0 Å². The van der Waals surface area contributed by atoms with Crippen molar-refractivity contribution in [2.45, 2.75) is 211 Å². The molecule has 0 bridgehead atoms. The lowest BCUT2D eigenvalue weighted by molar-refractivity contribution is -0.551. The van der Waals surface area contributed by atoms with E-state index in [9.17, 15) is 70.2 Å². The molecule has 0 aliphatic carbocycles. The van der Waals surface area contributed by atoms with E-state index < -0.39 is 146 Å². The average Bonchev–Trinajstić information content (AvgIpc) is 0.795. The summed E-state index contributed by atoms with van der Waals surface area (Å²) in [6, 6.07) is 1.81. The van der Waals surface area contributed by atoms with Crippen LogP contribution in [0.25, 0.3) is 0 Å². The van der Waals surface area contributed by atoms with Gasteiger partial charge < -0.3 is 161 Å². The summed E-state index contributed by atoms with van der Waals surface area (Å²) in [5, 5.41) is 0. The number of hydrogen-bond donors (Lipinski definition) is 0. The topological polar surface area (TPSA) is 369 Å². The van der Waals surface area contributed by atoms with Gasteiger partial charge in [-0.25, -0.2) is 17.9 Å². The van der Waals surface area contributed by atoms with Gasteiger partial charge in [-0.1, -0.05) is 0 Å². The SMILES string of the molecule is CCOC(F)(OCC)OCC.CCO[Si](CCCOCCF)(OCC)OCC.COC(C)(F)OC.COC(C)(OC)OC(F)(F)C(F)(F)COCCC[Si](C)(OC)OC.COC(F)(OC)OC.COC(F)(OC)OC.COC(OC)(OC)OC(F)(F)C(F)(F)COCCC[Si](OC)(OC)OC.CO[Si](C)(CCCOCCF)OC.CO[Si](CCCOCCCF)(OC)OC.CO[Si](CCCOCCF)(OC)OC. The van der Waals surface area contributed by atoms with Gasteiger partial charge >= 0.3 is 107 Å². The molecule has 0 fully saturated rings. The normalized spacial score (nSPS) is 12.8. The minimum Gasteiger partial charge on any atom is -0.398 e. The Bertz CT molecular complexity index is 2570. The van der Waals surface area contributed by atoms with Crippen molar-refractivity contribution in [3.8, 4) is 0 Å². The van der Waals surface area contributed by atoms with Gasteiger partial charge in [0.15, 0.2) is 0 Å². The summed E-state index contributed by atoms with van der Waals surface area (Å²) in [6.07, 6.45) is -15.5. The fourth-order valence-electron chi connectivity index (χ4n) is 9.40. The molecule has 0 amide bonds. The van der Waals surface area contributed by atoms with E-state index in [1.807, 2.05) is 27.3 Å². The lowest BCUT2D eigenvalue weighted by Gasteiger charge is -2.34. The third-order valence-corrected chi connectivity index (χ3v) is 35.9. The van der Waals surface area contributed by atoms with Gasteiger partial charge in [0.1, 0.15) is 33.2 Å². The van der Waals surface area contributed by atoms with E-state index in [0.29, 0.717) is 83.8 Å². The summed E-state index contributed by atoms with van der Waals surface area (Å²) < 4.78 is 398. The molecule has 0 aliphatic rings. The molecule has 0 aromatic carbocycles. The summed E-state index contributed by atoms with van der Waals surface area (Å²) in [7, 11) is 19.3. The second-order valence-electron chi connectivity index (χ2n) is 27.5. The molecule has 0 saturated heterocycles. The van der Waals surface area contributed by atoms with Gasteiger partial charge in [-0.15, -0.1) is 0 Å². The van der Waals surface area contributed by atoms with Gasteiger partial charge in [-0.3, -0.25) is 23.3 Å². The minimum atomic E-state index is -4.99. The molecule has 62 heteroatoms. The van der Waals surface area contributed by atoms with Crippen LogP contribution in [0.15, 0.2) is 0 Å². The van der Waals surface area contributed by atoms with E-state index in [1.165, 1.54) is 56.7 Å². The van der Waals surface area contributed by atoms with Crippen molar-refractivity contribution in [3.63, 3.8) is 0 Å². The Balaban J connectivity index is -0.000000176. The average molecular weight is 2260 g/mol. The van der Waals surface area contributed by atoms with E-state index >= 15 is 0 Å². The molecular formula is C81H178F16O40Si6. The second kappa shape index (κ2) is 95.2. The van der Waals surface area contributed by atoms with Crippen molar-refractivity contribution in [1.82, 2.24) is 0 Å². The number of methoxy groups -OCH3 is 13. The zero-order valence-electron chi connectivity index (χ0n) is 91.1. The van der Waals surface area contributed by atoms with E-state index in [0.717, 1.165) is 123 Å². The summed E-state index contributed by atoms with van der Waals surface area (Å²) >= 11 is 0. The van der Waals surface area contributed by atoms with Gasteiger partial charge in [0.25, 0.3) is 5.97 Å². The van der Waals surface area contributed by atoms with E-state index in [-0.39, 0.29) is 72.0 Å². The van der Waals surface area contributed by atoms with Crippen molar-refractivity contribution < 1.29 is 255 Å². The van der Waals surface area contributed by atoms with Crippen LogP contribution in [0.4, 0.5) is 70.2 Å². The van der Waals surface area contributed by atoms with Crippen molar-refractivity contribution in [1.29, 1.82) is 0 Å². The largest absolute Gasteiger partial charge is 0.501 e. The number of rotatable bonds is 81. The molecule has 0 spiro atoms. The Labute approximate surface area is 844 Å². The molecule has 0 heterocycles. The molecule has 0 aliphatic heterocycles. The van der Waals surface area contributed by atoms with Crippen molar-refractivity contribution >= 4 is 52.3 Å². The highest BCUT2D eigenvalue weighted by atomic mass is 28.4. The van der Waals surface area contributed by atoms with E-state index in [4.69, 9.17) is 89.8 Å². The number of halogens is 16. The van der Waals surface area contributed by atoms with Crippen LogP contribution in [0.3, 0.4) is 0 Å². The minimum absolute atomic E-state index is 0.146. The molecule has 878 valence electrons. The molecule has 0 aromatic heterocycles. The van der Waals surface area contributed by atoms with E-state index in [2.05, 4.69) is 94.7 Å². The second-order valence-corrected chi connectivity index (χ2v) is 46.7. The van der Waals surface area contributed by atoms with Crippen molar-refractivity contribution in [2.75, 3.05) is 330 Å². The molecule has 0 aromatic rings. The first-order valence-corrected chi connectivity index (χ1v) is 57.3. The summed E-state index contributed by atoms with van der Waals surface area (Å²) in [5.41, 5.74) is 0. The Morgan fingerprint density at radius 3 is 0.643 bits per heavy atom. The zero-order valence-corrected chi connectivity index (χ0v) is 97.1. The fraction of sp³-hybridized carbons (Fsp3) is 1.00. The maximum absolute atomic E-state index is 13.8. The van der Waals surface area contributed by atoms with Gasteiger partial charge in [0.05, 0.1) is 46.3 Å². The maximum atomic E-state index is 13.8. The predicted octanol–water partition coefficient (Wildman–Crippen LogP) is 15.7. The number of hydrogen-bond acceptors (Lipinski definition) is 40. The smallest absolute Gasteiger partial charge is 0.398 e. The number of alkyl halides is 16. The molecule has 40 nitrogen and oxygen atoms in total. The first-order chi connectivity index (χ1) is 67.0. The maximum Gasteiger partial charge on any atom is 0.501 e. The molecule has 143 heavy (non-hydrogen) atoms. The Hall–Kier alpha value is -1.42. The summed E-state index contributed by atoms with van der Waals surface area (Å²) in [6.45, 7) is 17.2. The predicted molar refractivity (Wildman–Crippen MR) is 502 cm³/mol. The van der Waals surface area contributed by atoms with Crippen LogP contribution < -0.4 is 0 Å². The Morgan fingerprint density at radius 1 is 0.224 bits per heavy atom. The lowest BCUT2D eigenvalue weighted by atomic mass is 10.3. The molecule has 0 rings (SSSR count). The van der Waals surface area contributed by atoms with Crippen LogP contribution in [0.2, 0.25) is 49.4 Å². The summed E-state index contributed by atoms with van der Waals surface area (Å²) in [4.78, 5) is 0. The molecule has 0 atom stereocenters. The zero-order chi connectivity index (χ0) is 113. The van der Waals surface area contributed by atoms with Crippen LogP contribution in [0.1, 0.15) is 100 Å². The molecular weight excluding hydrogens is 2090 g/mol. The van der Waals surface area contributed by atoms with Gasteiger partial charge in [-0.2, -0.15) is 52.7 Å². The van der Waals surface area contributed by atoms with E-state index in [1.54, 1.807) is 84.2 Å². The number of ether oxygens (including phenoxy) is 24. The van der Waals surface area contributed by atoms with Gasteiger partial charge in [0, 0.05) is 289 Å². The highest BCUT2D eigenvalue weighted by molar-refractivity contribution is 6.66. The van der Waals surface area contributed by atoms with Crippen LogP contribution in [-0.2, 0) is 185 Å². The lowest BCUT2D eigenvalue weighted by Crippen LogP contribution is -2.54. The quantitative estimate of drug-likeness (QED) is 0.0236. The molecule has 0 radical (unpaired) electrons. The van der Waals surface area contributed by atoms with Crippen LogP contribution in [-0.4, -0.2) is 444 Å². The fourth-order valence-corrected chi connectivity index (χ4v) is 19.8. The van der Waals surface area contributed by atoms with Crippen LogP contribution in [0.5, 0.6) is 0 Å². The highest BCUT2D eigenvalue weighted by Gasteiger charge is 2.64. The summed E-state index contributed by atoms with van der Waals surface area (Å²) in [5.74, 6) is -11.5. The monoisotopic (exact) mass is 2260 g/mol. The highest BCUT2D eigenvalue weighted by Crippen LogP contribution is 2.41. The molecule has 0 N–H and O–H groups in total. The van der Waals surface area contributed by atoms with Gasteiger partial charge in [-0.05, 0) is 112 Å². The van der Waals surface area contributed by atoms with Crippen LogP contribution >= 0.6 is 0 Å². The Kier molecular flexibility index (Phi) is 108. The third kappa shape index (κ3) is 80.1. The first-order valence-electron chi connectivity index (χ1n) is 44.6. The van der Waals surface area contributed by atoms with Crippen LogP contribution in [0, 0.1) is 0 Å². The molecule has 0 saturated carbocycles. The van der Waals surface area contributed by atoms with Crippen molar-refractivity contribution in [3.05, 3.63) is 0 Å². The molecule has 0 unspecified atom stereocenters. The standard InChI is InChI=1S/C13H26F4O8Si.C13H26F4O6Si.C11H25FO4Si.C9H21FO4Si.C8H19FO4Si.C8H19FO3Si.C7H15FO3.2C4H9FO3.C4H9FO2/c1-18-13(19-2,20-3)25-12(16,17)11(14,15)10-24-8-7-9-26(21-4,22-5)23-6;1-11(18-2,19-3)23-13(16,17)12(14,15)10-22-8-7-9-24(6,20-4)21-5;1-4-14-17(15-5-2,16-6-3)11-7-9-13-10-8-12;1-11-15(12-2,13-3)9-5-8-14-7-4-6-10;1-10-14(11-2,12-3)8-4-6-13-7-5-9;1-10-13(3,11-2)8-4-6-12-7-5-9;1-4-9-7(8,10-5-2)11-6-3;2*1-6-4(5,7-2)8-3;1-4(5,6-2)7-3/h7-10H2,1-6H3;7-10H2,1-6H3;4-11H2,1-3H3;4-9H2,1-3H3;4-8H2,1-3H3;4-8H2,1-3H3;4-6H2,1-3H3;2*1-3H3;1-3H3.